The molecule has 3 N–H and O–H groups in total. The lowest BCUT2D eigenvalue weighted by molar-refractivity contribution is -0.117. The van der Waals surface area contributed by atoms with Crippen molar-refractivity contribution in [3.63, 3.8) is 0 Å². The molecule has 0 aliphatic heterocycles. The van der Waals surface area contributed by atoms with E-state index in [-0.39, 0.29) is 18.7 Å². The standard InChI is InChI=1S/C10H10N4O2/c11-5-7-1-2-8(14-6-7)10(16)13-4-3-9(12)15/h1-2,6H,3-4H2,(H2,12,15)(H,13,16). The summed E-state index contributed by atoms with van der Waals surface area (Å²) in [5, 5.41) is 11.0. The number of rotatable bonds is 4. The zero-order valence-electron chi connectivity index (χ0n) is 8.43. The van der Waals surface area contributed by atoms with Crippen LogP contribution >= 0.6 is 0 Å². The number of nitriles is 1. The van der Waals surface area contributed by atoms with Crippen LogP contribution in [0, 0.1) is 11.3 Å². The van der Waals surface area contributed by atoms with Crippen LogP contribution in [0.4, 0.5) is 0 Å². The monoisotopic (exact) mass is 218 g/mol. The van der Waals surface area contributed by atoms with Gasteiger partial charge in [0.2, 0.25) is 5.91 Å². The second-order valence-electron chi connectivity index (χ2n) is 3.02. The fraction of sp³-hybridized carbons (Fsp3) is 0.200. The van der Waals surface area contributed by atoms with Gasteiger partial charge in [-0.15, -0.1) is 0 Å². The molecule has 0 atom stereocenters. The second kappa shape index (κ2) is 5.46. The van der Waals surface area contributed by atoms with Gasteiger partial charge in [0.05, 0.1) is 5.56 Å². The fourth-order valence-corrected chi connectivity index (χ4v) is 0.984. The molecule has 0 spiro atoms. The summed E-state index contributed by atoms with van der Waals surface area (Å²) in [5.74, 6) is -0.876. The van der Waals surface area contributed by atoms with E-state index >= 15 is 0 Å². The molecule has 0 aliphatic rings. The Balaban J connectivity index is 2.53. The van der Waals surface area contributed by atoms with Crippen molar-refractivity contribution in [2.75, 3.05) is 6.54 Å². The van der Waals surface area contributed by atoms with Gasteiger partial charge in [-0.1, -0.05) is 0 Å². The quantitative estimate of drug-likeness (QED) is 0.713. The molecule has 0 aliphatic carbocycles. The Hall–Kier alpha value is -2.42. The van der Waals surface area contributed by atoms with Crippen molar-refractivity contribution in [1.82, 2.24) is 10.3 Å². The molecular formula is C10H10N4O2. The summed E-state index contributed by atoms with van der Waals surface area (Å²) in [6.07, 6.45) is 1.39. The summed E-state index contributed by atoms with van der Waals surface area (Å²) >= 11 is 0. The van der Waals surface area contributed by atoms with E-state index in [9.17, 15) is 9.59 Å². The zero-order valence-corrected chi connectivity index (χ0v) is 8.43. The van der Waals surface area contributed by atoms with E-state index in [4.69, 9.17) is 11.0 Å². The number of primary amides is 1. The van der Waals surface area contributed by atoms with Crippen LogP contribution in [0.25, 0.3) is 0 Å². The van der Waals surface area contributed by atoms with Crippen molar-refractivity contribution >= 4 is 11.8 Å². The topological polar surface area (TPSA) is 109 Å². The van der Waals surface area contributed by atoms with Gasteiger partial charge in [0.1, 0.15) is 11.8 Å². The number of aromatic nitrogens is 1. The normalized spacial score (nSPS) is 9.19. The molecule has 0 unspecified atom stereocenters. The number of nitrogens with two attached hydrogens (primary N) is 1. The Labute approximate surface area is 92.1 Å². The van der Waals surface area contributed by atoms with E-state index in [1.807, 2.05) is 6.07 Å². The predicted molar refractivity (Wildman–Crippen MR) is 55.1 cm³/mol. The molecule has 6 nitrogen and oxygen atoms in total. The van der Waals surface area contributed by atoms with E-state index < -0.39 is 11.8 Å². The molecule has 16 heavy (non-hydrogen) atoms. The van der Waals surface area contributed by atoms with Gasteiger partial charge in [0.15, 0.2) is 0 Å². The van der Waals surface area contributed by atoms with Crippen LogP contribution in [0.15, 0.2) is 18.3 Å². The molecule has 6 heteroatoms. The molecule has 1 aromatic rings. The van der Waals surface area contributed by atoms with Crippen molar-refractivity contribution < 1.29 is 9.59 Å². The molecule has 0 aromatic carbocycles. The maximum Gasteiger partial charge on any atom is 0.269 e. The Morgan fingerprint density at radius 1 is 1.50 bits per heavy atom. The number of hydrogen-bond donors (Lipinski definition) is 2. The third-order valence-corrected chi connectivity index (χ3v) is 1.78. The lowest BCUT2D eigenvalue weighted by Crippen LogP contribution is -2.28. The summed E-state index contributed by atoms with van der Waals surface area (Å²) in [6.45, 7) is 0.176. The Kier molecular flexibility index (Phi) is 3.98. The molecule has 0 radical (unpaired) electrons. The van der Waals surface area contributed by atoms with Crippen molar-refractivity contribution in [3.8, 4) is 6.07 Å². The second-order valence-corrected chi connectivity index (χ2v) is 3.02. The van der Waals surface area contributed by atoms with Gasteiger partial charge >= 0.3 is 0 Å². The van der Waals surface area contributed by atoms with E-state index in [2.05, 4.69) is 10.3 Å². The molecule has 82 valence electrons. The number of carbonyl (C=O) groups is 2. The van der Waals surface area contributed by atoms with Crippen LogP contribution in [0.3, 0.4) is 0 Å². The summed E-state index contributed by atoms with van der Waals surface area (Å²) in [7, 11) is 0. The number of pyridine rings is 1. The lowest BCUT2D eigenvalue weighted by atomic mass is 10.2. The van der Waals surface area contributed by atoms with Crippen LogP contribution in [0.5, 0.6) is 0 Å². The number of nitrogens with one attached hydrogen (secondary N) is 1. The molecule has 0 saturated heterocycles. The van der Waals surface area contributed by atoms with Gasteiger partial charge in [0, 0.05) is 19.2 Å². The highest BCUT2D eigenvalue weighted by Gasteiger charge is 2.06. The Morgan fingerprint density at radius 3 is 2.75 bits per heavy atom. The van der Waals surface area contributed by atoms with Crippen molar-refractivity contribution in [2.24, 2.45) is 5.73 Å². The predicted octanol–water partition coefficient (Wildman–Crippen LogP) is -0.442. The number of carbonyl (C=O) groups excluding carboxylic acids is 2. The summed E-state index contributed by atoms with van der Waals surface area (Å²) in [5.41, 5.74) is 5.49. The van der Waals surface area contributed by atoms with Gasteiger partial charge in [-0.05, 0) is 12.1 Å². The average Bonchev–Trinajstić information content (AvgIpc) is 2.28. The zero-order chi connectivity index (χ0) is 12.0. The highest BCUT2D eigenvalue weighted by molar-refractivity contribution is 5.92. The van der Waals surface area contributed by atoms with Crippen LogP contribution in [0.1, 0.15) is 22.5 Å². The first-order valence-corrected chi connectivity index (χ1v) is 4.56. The minimum absolute atomic E-state index is 0.0853. The first-order valence-electron chi connectivity index (χ1n) is 4.56. The first kappa shape index (κ1) is 11.7. The smallest absolute Gasteiger partial charge is 0.269 e. The number of amides is 2. The van der Waals surface area contributed by atoms with Crippen LogP contribution in [-0.4, -0.2) is 23.3 Å². The Morgan fingerprint density at radius 2 is 2.25 bits per heavy atom. The van der Waals surface area contributed by atoms with Gasteiger partial charge in [-0.25, -0.2) is 4.98 Å². The Bertz CT molecular complexity index is 433. The van der Waals surface area contributed by atoms with Gasteiger partial charge in [-0.3, -0.25) is 9.59 Å². The number of hydrogen-bond acceptors (Lipinski definition) is 4. The molecular weight excluding hydrogens is 208 g/mol. The highest BCUT2D eigenvalue weighted by Crippen LogP contribution is 1.98. The fourth-order valence-electron chi connectivity index (χ4n) is 0.984. The molecule has 0 saturated carbocycles. The maximum absolute atomic E-state index is 11.4. The average molecular weight is 218 g/mol. The molecule has 0 bridgehead atoms. The van der Waals surface area contributed by atoms with E-state index in [1.54, 1.807) is 0 Å². The lowest BCUT2D eigenvalue weighted by Gasteiger charge is -2.02. The minimum atomic E-state index is -0.479. The minimum Gasteiger partial charge on any atom is -0.370 e. The van der Waals surface area contributed by atoms with Crippen LogP contribution < -0.4 is 11.1 Å². The van der Waals surface area contributed by atoms with Gasteiger partial charge in [0.25, 0.3) is 5.91 Å². The van der Waals surface area contributed by atoms with E-state index in [1.165, 1.54) is 18.3 Å². The summed E-state index contributed by atoms with van der Waals surface area (Å²) in [6, 6.07) is 4.83. The summed E-state index contributed by atoms with van der Waals surface area (Å²) in [4.78, 5) is 25.6. The highest BCUT2D eigenvalue weighted by atomic mass is 16.2. The van der Waals surface area contributed by atoms with Crippen molar-refractivity contribution in [2.45, 2.75) is 6.42 Å². The van der Waals surface area contributed by atoms with Gasteiger partial charge < -0.3 is 11.1 Å². The summed E-state index contributed by atoms with van der Waals surface area (Å²) < 4.78 is 0. The third kappa shape index (κ3) is 3.38. The first-order chi connectivity index (χ1) is 7.63. The molecule has 1 aromatic heterocycles. The van der Waals surface area contributed by atoms with Crippen LogP contribution in [-0.2, 0) is 4.79 Å². The maximum atomic E-state index is 11.4. The van der Waals surface area contributed by atoms with E-state index in [0.29, 0.717) is 5.56 Å². The van der Waals surface area contributed by atoms with Crippen molar-refractivity contribution in [3.05, 3.63) is 29.6 Å². The van der Waals surface area contributed by atoms with Gasteiger partial charge in [-0.2, -0.15) is 5.26 Å². The van der Waals surface area contributed by atoms with Crippen LogP contribution in [0.2, 0.25) is 0 Å². The largest absolute Gasteiger partial charge is 0.370 e. The van der Waals surface area contributed by atoms with E-state index in [0.717, 1.165) is 0 Å². The molecule has 1 rings (SSSR count). The number of nitrogens with zero attached hydrogens (tertiary/aromatic N) is 2. The third-order valence-electron chi connectivity index (χ3n) is 1.78. The molecule has 1 heterocycles. The molecule has 2 amide bonds. The molecule has 0 fully saturated rings. The van der Waals surface area contributed by atoms with Crippen molar-refractivity contribution in [1.29, 1.82) is 5.26 Å². The SMILES string of the molecule is N#Cc1ccc(C(=O)NCCC(N)=O)nc1.